The number of nitrogens with zero attached hydrogens (tertiary/aromatic N) is 2. The average molecular weight is 320 g/mol. The zero-order chi connectivity index (χ0) is 15.8. The van der Waals surface area contributed by atoms with Gasteiger partial charge in [0.15, 0.2) is 0 Å². The van der Waals surface area contributed by atoms with E-state index in [1.54, 1.807) is 0 Å². The minimum atomic E-state index is -0.182. The van der Waals surface area contributed by atoms with Gasteiger partial charge in [-0.2, -0.15) is 0 Å². The van der Waals surface area contributed by atoms with E-state index in [9.17, 15) is 9.59 Å². The predicted molar refractivity (Wildman–Crippen MR) is 82.5 cm³/mol. The number of allylic oxidation sites excluding steroid dienone is 2. The van der Waals surface area contributed by atoms with E-state index in [0.717, 1.165) is 6.42 Å². The molecule has 4 aliphatic rings. The van der Waals surface area contributed by atoms with Gasteiger partial charge in [0.2, 0.25) is 11.8 Å². The lowest BCUT2D eigenvalue weighted by molar-refractivity contribution is -0.151. The molecule has 2 bridgehead atoms. The smallest absolute Gasteiger partial charge is 0.227 e. The van der Waals surface area contributed by atoms with Crippen molar-refractivity contribution in [3.63, 3.8) is 0 Å². The highest BCUT2D eigenvalue weighted by Crippen LogP contribution is 2.49. The van der Waals surface area contributed by atoms with E-state index in [0.29, 0.717) is 52.6 Å². The second-order valence-electron chi connectivity index (χ2n) is 6.88. The maximum atomic E-state index is 13.0. The Bertz CT molecular complexity index is 465. The molecule has 0 N–H and O–H groups in total. The van der Waals surface area contributed by atoms with Gasteiger partial charge in [-0.05, 0) is 18.3 Å². The Kier molecular flexibility index (Phi) is 4.11. The first-order chi connectivity index (χ1) is 11.3. The Labute approximate surface area is 136 Å². The minimum absolute atomic E-state index is 0.150. The van der Waals surface area contributed by atoms with Gasteiger partial charge in [-0.3, -0.25) is 9.59 Å². The number of hydrogen-bond acceptors (Lipinski definition) is 4. The normalized spacial score (nSPS) is 36.5. The second-order valence-corrected chi connectivity index (χ2v) is 6.88. The maximum Gasteiger partial charge on any atom is 0.227 e. The van der Waals surface area contributed by atoms with Crippen molar-refractivity contribution in [2.24, 2.45) is 23.7 Å². The molecule has 2 aliphatic carbocycles. The van der Waals surface area contributed by atoms with E-state index in [4.69, 9.17) is 9.47 Å². The first kappa shape index (κ1) is 15.1. The molecule has 0 radical (unpaired) electrons. The van der Waals surface area contributed by atoms with Crippen LogP contribution >= 0.6 is 0 Å². The van der Waals surface area contributed by atoms with Crippen molar-refractivity contribution in [2.75, 3.05) is 52.6 Å². The Morgan fingerprint density at radius 2 is 1.13 bits per heavy atom. The number of rotatable bonds is 2. The van der Waals surface area contributed by atoms with E-state index >= 15 is 0 Å². The van der Waals surface area contributed by atoms with Crippen LogP contribution in [-0.2, 0) is 19.1 Å². The molecule has 0 aromatic rings. The quantitative estimate of drug-likeness (QED) is 0.679. The van der Waals surface area contributed by atoms with Crippen LogP contribution in [0.1, 0.15) is 6.42 Å². The number of morpholine rings is 2. The number of carbonyl (C=O) groups is 2. The third-order valence-corrected chi connectivity index (χ3v) is 5.68. The zero-order valence-corrected chi connectivity index (χ0v) is 13.4. The topological polar surface area (TPSA) is 59.1 Å². The average Bonchev–Trinajstić information content (AvgIpc) is 3.23. The molecule has 4 atom stereocenters. The highest BCUT2D eigenvalue weighted by Gasteiger charge is 2.53. The molecule has 126 valence electrons. The second kappa shape index (κ2) is 6.24. The SMILES string of the molecule is O=C([C@@H]1[C@@H](C(=O)N2CCOCC2)[C@H]2C=C[C@H]1C2)N1CCOCC1. The lowest BCUT2D eigenvalue weighted by Gasteiger charge is -2.36. The van der Waals surface area contributed by atoms with Crippen LogP contribution in [0.5, 0.6) is 0 Å². The van der Waals surface area contributed by atoms with E-state index in [1.165, 1.54) is 0 Å². The lowest BCUT2D eigenvalue weighted by atomic mass is 9.81. The van der Waals surface area contributed by atoms with E-state index < -0.39 is 0 Å². The van der Waals surface area contributed by atoms with Gasteiger partial charge in [0.05, 0.1) is 38.3 Å². The van der Waals surface area contributed by atoms with Gasteiger partial charge in [-0.25, -0.2) is 0 Å². The van der Waals surface area contributed by atoms with E-state index in [-0.39, 0.29) is 35.5 Å². The largest absolute Gasteiger partial charge is 0.378 e. The first-order valence-electron chi connectivity index (χ1n) is 8.67. The Morgan fingerprint density at radius 1 is 0.739 bits per heavy atom. The van der Waals surface area contributed by atoms with Gasteiger partial charge in [0.1, 0.15) is 0 Å². The summed E-state index contributed by atoms with van der Waals surface area (Å²) in [5, 5.41) is 0. The summed E-state index contributed by atoms with van der Waals surface area (Å²) in [5.74, 6) is 0.390. The van der Waals surface area contributed by atoms with Crippen LogP contribution in [0.15, 0.2) is 12.2 Å². The van der Waals surface area contributed by atoms with Gasteiger partial charge < -0.3 is 19.3 Å². The van der Waals surface area contributed by atoms with E-state index in [1.807, 2.05) is 9.80 Å². The molecule has 6 nitrogen and oxygen atoms in total. The molecular formula is C17H24N2O4. The van der Waals surface area contributed by atoms with Gasteiger partial charge in [0.25, 0.3) is 0 Å². The molecule has 2 aliphatic heterocycles. The van der Waals surface area contributed by atoms with E-state index in [2.05, 4.69) is 12.2 Å². The van der Waals surface area contributed by atoms with Crippen LogP contribution in [0.3, 0.4) is 0 Å². The molecule has 1 saturated carbocycles. The van der Waals surface area contributed by atoms with Crippen molar-refractivity contribution < 1.29 is 19.1 Å². The standard InChI is InChI=1S/C17H24N2O4/c20-16(18-3-7-22-8-4-18)14-12-1-2-13(11-12)15(14)17(21)19-5-9-23-10-6-19/h1-2,12-15H,3-11H2/t12-,13-,14-,15-/m0/s1. The summed E-state index contributed by atoms with van der Waals surface area (Å²) < 4.78 is 10.7. The summed E-state index contributed by atoms with van der Waals surface area (Å²) in [6, 6.07) is 0. The molecule has 0 aromatic carbocycles. The van der Waals surface area contributed by atoms with Gasteiger partial charge >= 0.3 is 0 Å². The van der Waals surface area contributed by atoms with Crippen LogP contribution in [-0.4, -0.2) is 74.2 Å². The van der Waals surface area contributed by atoms with Gasteiger partial charge in [-0.1, -0.05) is 12.2 Å². The number of fused-ring (bicyclic) bond motifs is 2. The summed E-state index contributed by atoms with van der Waals surface area (Å²) in [6.45, 7) is 5.00. The first-order valence-corrected chi connectivity index (χ1v) is 8.67. The van der Waals surface area contributed by atoms with Crippen molar-refractivity contribution >= 4 is 11.8 Å². The molecule has 2 amide bonds. The summed E-state index contributed by atoms with van der Waals surface area (Å²) in [6.07, 6.45) is 5.25. The summed E-state index contributed by atoms with van der Waals surface area (Å²) in [4.78, 5) is 29.8. The van der Waals surface area contributed by atoms with Crippen molar-refractivity contribution in [2.45, 2.75) is 6.42 Å². The summed E-state index contributed by atoms with van der Waals surface area (Å²) >= 11 is 0. The summed E-state index contributed by atoms with van der Waals surface area (Å²) in [5.41, 5.74) is 0. The van der Waals surface area contributed by atoms with Crippen LogP contribution in [0.4, 0.5) is 0 Å². The molecule has 0 unspecified atom stereocenters. The van der Waals surface area contributed by atoms with Crippen molar-refractivity contribution in [3.8, 4) is 0 Å². The molecule has 23 heavy (non-hydrogen) atoms. The number of hydrogen-bond donors (Lipinski definition) is 0. The predicted octanol–water partition coefficient (Wildman–Crippen LogP) is 0.142. The molecule has 0 spiro atoms. The molecule has 2 heterocycles. The number of amides is 2. The highest BCUT2D eigenvalue weighted by atomic mass is 16.5. The lowest BCUT2D eigenvalue weighted by Crippen LogP contribution is -2.51. The molecule has 2 saturated heterocycles. The fourth-order valence-corrected chi connectivity index (χ4v) is 4.48. The minimum Gasteiger partial charge on any atom is -0.378 e. The molecule has 0 aromatic heterocycles. The van der Waals surface area contributed by atoms with Crippen molar-refractivity contribution in [1.29, 1.82) is 0 Å². The third-order valence-electron chi connectivity index (χ3n) is 5.68. The van der Waals surface area contributed by atoms with Gasteiger partial charge in [-0.15, -0.1) is 0 Å². The number of ether oxygens (including phenoxy) is 2. The molecule has 4 rings (SSSR count). The van der Waals surface area contributed by atoms with Crippen LogP contribution in [0.25, 0.3) is 0 Å². The zero-order valence-electron chi connectivity index (χ0n) is 13.4. The van der Waals surface area contributed by atoms with Crippen molar-refractivity contribution in [3.05, 3.63) is 12.2 Å². The number of carbonyl (C=O) groups excluding carboxylic acids is 2. The summed E-state index contributed by atoms with van der Waals surface area (Å²) in [7, 11) is 0. The molecule has 6 heteroatoms. The third kappa shape index (κ3) is 2.68. The van der Waals surface area contributed by atoms with Gasteiger partial charge in [0, 0.05) is 26.2 Å². The fourth-order valence-electron chi connectivity index (χ4n) is 4.48. The van der Waals surface area contributed by atoms with Crippen molar-refractivity contribution in [1.82, 2.24) is 9.80 Å². The Balaban J connectivity index is 1.53. The van der Waals surface area contributed by atoms with Crippen LogP contribution in [0, 0.1) is 23.7 Å². The monoisotopic (exact) mass is 320 g/mol. The molecule has 3 fully saturated rings. The van der Waals surface area contributed by atoms with Crippen LogP contribution in [0.2, 0.25) is 0 Å². The highest BCUT2D eigenvalue weighted by molar-refractivity contribution is 5.90. The maximum absolute atomic E-state index is 13.0. The van der Waals surface area contributed by atoms with Crippen LogP contribution < -0.4 is 0 Å². The Hall–Kier alpha value is -1.40. The Morgan fingerprint density at radius 3 is 1.52 bits per heavy atom. The fraction of sp³-hybridized carbons (Fsp3) is 0.765. The molecular weight excluding hydrogens is 296 g/mol.